The van der Waals surface area contributed by atoms with E-state index in [1.54, 1.807) is 30.5 Å². The molecule has 0 aliphatic carbocycles. The van der Waals surface area contributed by atoms with Crippen LogP contribution in [0.1, 0.15) is 5.56 Å². The quantitative estimate of drug-likeness (QED) is 0.849. The number of nitrogens with zero attached hydrogens (tertiary/aromatic N) is 1. The summed E-state index contributed by atoms with van der Waals surface area (Å²) in [5, 5.41) is 2.87. The number of nitrogens with two attached hydrogens (primary N) is 1. The molecule has 0 aliphatic rings. The molecular weight excluding hydrogens is 317 g/mol. The van der Waals surface area contributed by atoms with Gasteiger partial charge in [-0.25, -0.2) is 9.37 Å². The van der Waals surface area contributed by atoms with Crippen LogP contribution in [-0.2, 0) is 0 Å². The van der Waals surface area contributed by atoms with Crippen molar-refractivity contribution in [3.63, 3.8) is 0 Å². The van der Waals surface area contributed by atoms with Crippen LogP contribution >= 0.6 is 28.1 Å². The standard InChI is InChI=1S/C12H9BrFN3S/c13-8-2-3-10(9(14)5-8)17-11-4-1-7(6-16-11)12(15)18/h1-6H,(H2,15,18)(H,16,17). The molecule has 3 N–H and O–H groups in total. The molecule has 1 heterocycles. The lowest BCUT2D eigenvalue weighted by atomic mass is 10.2. The van der Waals surface area contributed by atoms with Gasteiger partial charge in [0.2, 0.25) is 0 Å². The number of benzene rings is 1. The Hall–Kier alpha value is -1.53. The first kappa shape index (κ1) is 12.9. The second-order valence-electron chi connectivity index (χ2n) is 3.55. The third-order valence-corrected chi connectivity index (χ3v) is 2.97. The Morgan fingerprint density at radius 2 is 2.11 bits per heavy atom. The topological polar surface area (TPSA) is 50.9 Å². The predicted molar refractivity (Wildman–Crippen MR) is 77.5 cm³/mol. The summed E-state index contributed by atoms with van der Waals surface area (Å²) in [6.45, 7) is 0. The maximum atomic E-state index is 13.6. The van der Waals surface area contributed by atoms with Crippen LogP contribution in [0.4, 0.5) is 15.9 Å². The minimum absolute atomic E-state index is 0.281. The molecule has 0 radical (unpaired) electrons. The van der Waals surface area contributed by atoms with Gasteiger partial charge >= 0.3 is 0 Å². The molecule has 0 spiro atoms. The predicted octanol–water partition coefficient (Wildman–Crippen LogP) is 3.36. The number of thiocarbonyl (C=S) groups is 1. The molecule has 18 heavy (non-hydrogen) atoms. The van der Waals surface area contributed by atoms with Crippen LogP contribution in [0, 0.1) is 5.82 Å². The monoisotopic (exact) mass is 325 g/mol. The minimum Gasteiger partial charge on any atom is -0.389 e. The summed E-state index contributed by atoms with van der Waals surface area (Å²) in [6.07, 6.45) is 1.54. The first-order chi connectivity index (χ1) is 8.56. The lowest BCUT2D eigenvalue weighted by Crippen LogP contribution is -2.09. The number of rotatable bonds is 3. The van der Waals surface area contributed by atoms with Crippen LogP contribution in [0.2, 0.25) is 0 Å². The molecule has 3 nitrogen and oxygen atoms in total. The molecule has 1 aromatic heterocycles. The Morgan fingerprint density at radius 1 is 1.33 bits per heavy atom. The van der Waals surface area contributed by atoms with E-state index in [4.69, 9.17) is 18.0 Å². The number of aromatic nitrogens is 1. The SMILES string of the molecule is NC(=S)c1ccc(Nc2ccc(Br)cc2F)nc1. The van der Waals surface area contributed by atoms with Crippen LogP contribution in [0.3, 0.4) is 0 Å². The Kier molecular flexibility index (Phi) is 3.88. The molecule has 0 unspecified atom stereocenters. The highest BCUT2D eigenvalue weighted by molar-refractivity contribution is 9.10. The Labute approximate surface area is 117 Å². The minimum atomic E-state index is -0.357. The summed E-state index contributed by atoms with van der Waals surface area (Å²) in [6, 6.07) is 8.17. The fraction of sp³-hybridized carbons (Fsp3) is 0. The van der Waals surface area contributed by atoms with Gasteiger partial charge in [0.25, 0.3) is 0 Å². The number of hydrogen-bond donors (Lipinski definition) is 2. The van der Waals surface area contributed by atoms with Crippen molar-refractivity contribution < 1.29 is 4.39 Å². The van der Waals surface area contributed by atoms with Gasteiger partial charge in [-0.05, 0) is 30.3 Å². The van der Waals surface area contributed by atoms with Gasteiger partial charge in [0.1, 0.15) is 16.6 Å². The summed E-state index contributed by atoms with van der Waals surface area (Å²) >= 11 is 8.02. The second kappa shape index (κ2) is 5.41. The maximum Gasteiger partial charge on any atom is 0.147 e. The summed E-state index contributed by atoms with van der Waals surface area (Å²) in [5.41, 5.74) is 6.49. The normalized spacial score (nSPS) is 10.1. The smallest absolute Gasteiger partial charge is 0.147 e. The number of hydrogen-bond acceptors (Lipinski definition) is 3. The lowest BCUT2D eigenvalue weighted by molar-refractivity contribution is 0.631. The second-order valence-corrected chi connectivity index (χ2v) is 4.90. The molecular formula is C12H9BrFN3S. The molecule has 2 aromatic rings. The van der Waals surface area contributed by atoms with Crippen molar-refractivity contribution in [2.24, 2.45) is 5.73 Å². The summed E-state index contributed by atoms with van der Waals surface area (Å²) < 4.78 is 14.3. The van der Waals surface area contributed by atoms with Gasteiger partial charge in [0, 0.05) is 16.2 Å². The van der Waals surface area contributed by atoms with Crippen molar-refractivity contribution in [1.82, 2.24) is 4.98 Å². The van der Waals surface area contributed by atoms with Gasteiger partial charge in [0.05, 0.1) is 5.69 Å². The number of pyridine rings is 1. The van der Waals surface area contributed by atoms with E-state index in [2.05, 4.69) is 26.2 Å². The van der Waals surface area contributed by atoms with E-state index in [1.807, 2.05) is 0 Å². The van der Waals surface area contributed by atoms with Crippen LogP contribution in [0.5, 0.6) is 0 Å². The first-order valence-corrected chi connectivity index (χ1v) is 6.24. The van der Waals surface area contributed by atoms with E-state index in [0.717, 1.165) is 0 Å². The van der Waals surface area contributed by atoms with Gasteiger partial charge in [-0.15, -0.1) is 0 Å². The Morgan fingerprint density at radius 3 is 2.67 bits per heavy atom. The van der Waals surface area contributed by atoms with E-state index in [1.165, 1.54) is 6.07 Å². The highest BCUT2D eigenvalue weighted by Gasteiger charge is 2.04. The van der Waals surface area contributed by atoms with Crippen LogP contribution < -0.4 is 11.1 Å². The molecule has 0 saturated carbocycles. The Bertz CT molecular complexity index is 586. The van der Waals surface area contributed by atoms with E-state index >= 15 is 0 Å². The molecule has 0 bridgehead atoms. The average molecular weight is 326 g/mol. The molecule has 0 saturated heterocycles. The zero-order chi connectivity index (χ0) is 13.1. The summed E-state index contributed by atoms with van der Waals surface area (Å²) in [4.78, 5) is 4.38. The van der Waals surface area contributed by atoms with Crippen molar-refractivity contribution in [1.29, 1.82) is 0 Å². The number of anilines is 2. The molecule has 0 amide bonds. The zero-order valence-electron chi connectivity index (χ0n) is 9.15. The number of nitrogens with one attached hydrogen (secondary N) is 1. The zero-order valence-corrected chi connectivity index (χ0v) is 11.6. The average Bonchev–Trinajstić information content (AvgIpc) is 2.33. The molecule has 2 rings (SSSR count). The molecule has 92 valence electrons. The molecule has 0 aliphatic heterocycles. The van der Waals surface area contributed by atoms with Crippen LogP contribution in [0.25, 0.3) is 0 Å². The number of halogens is 2. The molecule has 0 fully saturated rings. The van der Waals surface area contributed by atoms with E-state index in [0.29, 0.717) is 21.5 Å². The third-order valence-electron chi connectivity index (χ3n) is 2.24. The van der Waals surface area contributed by atoms with E-state index in [-0.39, 0.29) is 10.8 Å². The summed E-state index contributed by atoms with van der Waals surface area (Å²) in [7, 11) is 0. The fourth-order valence-electron chi connectivity index (χ4n) is 1.34. The van der Waals surface area contributed by atoms with Crippen LogP contribution in [-0.4, -0.2) is 9.97 Å². The van der Waals surface area contributed by atoms with E-state index < -0.39 is 0 Å². The third kappa shape index (κ3) is 3.02. The van der Waals surface area contributed by atoms with Crippen molar-refractivity contribution >= 4 is 44.6 Å². The van der Waals surface area contributed by atoms with Crippen molar-refractivity contribution in [3.05, 3.63) is 52.4 Å². The van der Waals surface area contributed by atoms with Gasteiger partial charge in [-0.3, -0.25) is 0 Å². The molecule has 0 atom stereocenters. The highest BCUT2D eigenvalue weighted by Crippen LogP contribution is 2.22. The largest absolute Gasteiger partial charge is 0.389 e. The van der Waals surface area contributed by atoms with Crippen LogP contribution in [0.15, 0.2) is 41.0 Å². The highest BCUT2D eigenvalue weighted by atomic mass is 79.9. The summed E-state index contributed by atoms with van der Waals surface area (Å²) in [5.74, 6) is 0.167. The van der Waals surface area contributed by atoms with Gasteiger partial charge < -0.3 is 11.1 Å². The van der Waals surface area contributed by atoms with Gasteiger partial charge in [-0.1, -0.05) is 28.1 Å². The maximum absolute atomic E-state index is 13.6. The Balaban J connectivity index is 2.21. The fourth-order valence-corrected chi connectivity index (χ4v) is 1.80. The molecule has 6 heteroatoms. The first-order valence-electron chi connectivity index (χ1n) is 5.04. The van der Waals surface area contributed by atoms with E-state index in [9.17, 15) is 4.39 Å². The molecule has 1 aromatic carbocycles. The lowest BCUT2D eigenvalue weighted by Gasteiger charge is -2.07. The van der Waals surface area contributed by atoms with Crippen molar-refractivity contribution in [2.45, 2.75) is 0 Å². The van der Waals surface area contributed by atoms with Crippen molar-refractivity contribution in [3.8, 4) is 0 Å². The van der Waals surface area contributed by atoms with Gasteiger partial charge in [-0.2, -0.15) is 0 Å². The van der Waals surface area contributed by atoms with Crippen molar-refractivity contribution in [2.75, 3.05) is 5.32 Å². The van der Waals surface area contributed by atoms with Gasteiger partial charge in [0.15, 0.2) is 0 Å².